The standard InChI is InChI=1S/C8H23N5.C5H13N.C4H13N3.C4H9N/c9-1-3-11-5-7-13-8-6-12-4-2-10;1-3-4-5-6-2;5-1-3-7-4-2-6;1-2-4-5-3-1/h11-13H,1-10H2;6H,3-5H2,1-2H3;7H,1-6H2;5H,1-4H2. The fourth-order valence-electron chi connectivity index (χ4n) is 2.24. The van der Waals surface area contributed by atoms with Crippen LogP contribution in [-0.2, 0) is 0 Å². The van der Waals surface area contributed by atoms with E-state index in [2.05, 4.69) is 38.8 Å². The lowest BCUT2D eigenvalue weighted by Crippen LogP contribution is -2.35. The topological polar surface area (TPSA) is 176 Å². The van der Waals surface area contributed by atoms with Gasteiger partial charge in [0.05, 0.1) is 0 Å². The molecule has 31 heavy (non-hydrogen) atoms. The molecule has 0 atom stereocenters. The lowest BCUT2D eigenvalue weighted by molar-refractivity contribution is 0.586. The van der Waals surface area contributed by atoms with Gasteiger partial charge in [0.2, 0.25) is 0 Å². The van der Waals surface area contributed by atoms with Crippen LogP contribution in [0.25, 0.3) is 0 Å². The second-order valence-electron chi connectivity index (χ2n) is 7.07. The Balaban J connectivity index is -0.000000367. The van der Waals surface area contributed by atoms with Gasteiger partial charge in [-0.1, -0.05) is 13.3 Å². The molecule has 0 radical (unpaired) electrons. The van der Waals surface area contributed by atoms with Crippen molar-refractivity contribution in [2.45, 2.75) is 32.6 Å². The minimum atomic E-state index is 0.694. The number of rotatable bonds is 17. The van der Waals surface area contributed by atoms with E-state index >= 15 is 0 Å². The Labute approximate surface area is 193 Å². The van der Waals surface area contributed by atoms with Gasteiger partial charge in [0.25, 0.3) is 0 Å². The van der Waals surface area contributed by atoms with Crippen LogP contribution >= 0.6 is 0 Å². The Bertz CT molecular complexity index is 231. The molecule has 1 fully saturated rings. The van der Waals surface area contributed by atoms with Gasteiger partial charge in [0.1, 0.15) is 0 Å². The van der Waals surface area contributed by atoms with Crippen LogP contribution in [0.5, 0.6) is 0 Å². The zero-order valence-electron chi connectivity index (χ0n) is 20.7. The molecule has 0 aromatic heterocycles. The molecule has 192 valence electrons. The van der Waals surface area contributed by atoms with Crippen LogP contribution in [0.3, 0.4) is 0 Å². The summed E-state index contributed by atoms with van der Waals surface area (Å²) in [5.41, 5.74) is 21.0. The minimum Gasteiger partial charge on any atom is -0.329 e. The lowest BCUT2D eigenvalue weighted by atomic mass is 10.3. The van der Waals surface area contributed by atoms with Gasteiger partial charge >= 0.3 is 0 Å². The number of hydrogen-bond acceptors (Lipinski definition) is 10. The zero-order chi connectivity index (χ0) is 23.7. The highest BCUT2D eigenvalue weighted by atomic mass is 15.0. The van der Waals surface area contributed by atoms with E-state index in [1.807, 2.05) is 7.05 Å². The second-order valence-corrected chi connectivity index (χ2v) is 7.07. The van der Waals surface area contributed by atoms with Crippen LogP contribution in [0, 0.1) is 0 Å². The summed E-state index contributed by atoms with van der Waals surface area (Å²) in [5, 5.41) is 19.0. The molecule has 0 unspecified atom stereocenters. The maximum Gasteiger partial charge on any atom is 0.00772 e. The molecule has 10 heteroatoms. The Morgan fingerprint density at radius 2 is 0.935 bits per heavy atom. The molecule has 0 bridgehead atoms. The summed E-state index contributed by atoms with van der Waals surface area (Å²) in [4.78, 5) is 0. The third-order valence-corrected chi connectivity index (χ3v) is 3.98. The van der Waals surface area contributed by atoms with Crippen molar-refractivity contribution in [2.75, 3.05) is 105 Å². The summed E-state index contributed by atoms with van der Waals surface area (Å²) >= 11 is 0. The molecule has 0 aromatic rings. The van der Waals surface area contributed by atoms with Crippen molar-refractivity contribution in [3.8, 4) is 0 Å². The highest BCUT2D eigenvalue weighted by molar-refractivity contribution is 4.56. The second kappa shape index (κ2) is 40.0. The van der Waals surface area contributed by atoms with Crippen LogP contribution in [0.1, 0.15) is 32.6 Å². The number of nitrogens with two attached hydrogens (primary N) is 4. The molecular formula is C21H58N10. The molecule has 0 saturated carbocycles. The van der Waals surface area contributed by atoms with Gasteiger partial charge in [-0.15, -0.1) is 0 Å². The van der Waals surface area contributed by atoms with Crippen molar-refractivity contribution in [2.24, 2.45) is 22.9 Å². The van der Waals surface area contributed by atoms with E-state index < -0.39 is 0 Å². The monoisotopic (exact) mass is 450 g/mol. The summed E-state index contributed by atoms with van der Waals surface area (Å²) in [6.07, 6.45) is 5.37. The zero-order valence-corrected chi connectivity index (χ0v) is 20.7. The van der Waals surface area contributed by atoms with Gasteiger partial charge < -0.3 is 54.8 Å². The first kappa shape index (κ1) is 35.2. The van der Waals surface area contributed by atoms with Gasteiger partial charge in [0.15, 0.2) is 0 Å². The molecule has 14 N–H and O–H groups in total. The van der Waals surface area contributed by atoms with Gasteiger partial charge in [-0.2, -0.15) is 0 Å². The van der Waals surface area contributed by atoms with Gasteiger partial charge in [-0.05, 0) is 45.9 Å². The van der Waals surface area contributed by atoms with Crippen molar-refractivity contribution >= 4 is 0 Å². The van der Waals surface area contributed by atoms with E-state index in [1.54, 1.807) is 0 Å². The highest BCUT2D eigenvalue weighted by Crippen LogP contribution is 1.90. The predicted molar refractivity (Wildman–Crippen MR) is 139 cm³/mol. The van der Waals surface area contributed by atoms with E-state index in [0.717, 1.165) is 58.9 Å². The molecule has 1 saturated heterocycles. The molecular weight excluding hydrogens is 392 g/mol. The first-order chi connectivity index (χ1) is 15.2. The van der Waals surface area contributed by atoms with Crippen LogP contribution < -0.4 is 54.8 Å². The molecule has 0 spiro atoms. The normalized spacial score (nSPS) is 12.2. The first-order valence-electron chi connectivity index (χ1n) is 12.2. The van der Waals surface area contributed by atoms with E-state index in [4.69, 9.17) is 22.9 Å². The van der Waals surface area contributed by atoms with E-state index in [9.17, 15) is 0 Å². The molecule has 0 aromatic carbocycles. The van der Waals surface area contributed by atoms with Crippen LogP contribution in [0.4, 0.5) is 0 Å². The van der Waals surface area contributed by atoms with Crippen molar-refractivity contribution in [1.29, 1.82) is 0 Å². The van der Waals surface area contributed by atoms with E-state index in [-0.39, 0.29) is 0 Å². The fraction of sp³-hybridized carbons (Fsp3) is 1.00. The van der Waals surface area contributed by atoms with Crippen molar-refractivity contribution in [3.05, 3.63) is 0 Å². The average molecular weight is 451 g/mol. The quantitative estimate of drug-likeness (QED) is 0.107. The molecule has 1 aliphatic heterocycles. The Hall–Kier alpha value is -0.400. The van der Waals surface area contributed by atoms with Gasteiger partial charge in [-0.25, -0.2) is 0 Å². The van der Waals surface area contributed by atoms with Crippen molar-refractivity contribution < 1.29 is 0 Å². The summed E-state index contributed by atoms with van der Waals surface area (Å²) in [6, 6.07) is 0. The summed E-state index contributed by atoms with van der Waals surface area (Å²) in [7, 11) is 1.98. The average Bonchev–Trinajstić information content (AvgIpc) is 3.38. The largest absolute Gasteiger partial charge is 0.329 e. The third kappa shape index (κ3) is 48.3. The Kier molecular flexibility index (Phi) is 45.4. The molecule has 1 aliphatic rings. The van der Waals surface area contributed by atoms with Crippen LogP contribution in [0.2, 0.25) is 0 Å². The Morgan fingerprint density at radius 3 is 1.16 bits per heavy atom. The van der Waals surface area contributed by atoms with E-state index in [0.29, 0.717) is 26.2 Å². The molecule has 1 rings (SSSR count). The van der Waals surface area contributed by atoms with Gasteiger partial charge in [-0.3, -0.25) is 0 Å². The summed E-state index contributed by atoms with van der Waals surface area (Å²) < 4.78 is 0. The predicted octanol–water partition coefficient (Wildman–Crippen LogP) is -2.46. The minimum absolute atomic E-state index is 0.694. The summed E-state index contributed by atoms with van der Waals surface area (Å²) in [5.74, 6) is 0. The van der Waals surface area contributed by atoms with Crippen LogP contribution in [-0.4, -0.2) is 105 Å². The summed E-state index contributed by atoms with van der Waals surface area (Å²) in [6.45, 7) is 16.1. The number of nitrogens with one attached hydrogen (secondary N) is 6. The molecule has 10 nitrogen and oxygen atoms in total. The maximum absolute atomic E-state index is 5.32. The molecule has 1 heterocycles. The van der Waals surface area contributed by atoms with Crippen molar-refractivity contribution in [1.82, 2.24) is 31.9 Å². The smallest absolute Gasteiger partial charge is 0.00772 e. The highest BCUT2D eigenvalue weighted by Gasteiger charge is 1.93. The Morgan fingerprint density at radius 1 is 0.581 bits per heavy atom. The SMILES string of the molecule is C1CCNC1.CCCCNC.NCCNCCN.NCCNCCNCCNCCN. The molecule has 0 amide bonds. The fourth-order valence-corrected chi connectivity index (χ4v) is 2.24. The third-order valence-electron chi connectivity index (χ3n) is 3.98. The number of unbranched alkanes of at least 4 members (excludes halogenated alkanes) is 1. The maximum atomic E-state index is 5.32. The van der Waals surface area contributed by atoms with Crippen molar-refractivity contribution in [3.63, 3.8) is 0 Å². The van der Waals surface area contributed by atoms with Gasteiger partial charge in [0, 0.05) is 78.5 Å². The number of hydrogen-bond donors (Lipinski definition) is 10. The first-order valence-corrected chi connectivity index (χ1v) is 12.2. The van der Waals surface area contributed by atoms with E-state index in [1.165, 1.54) is 38.8 Å². The molecule has 0 aliphatic carbocycles. The lowest BCUT2D eigenvalue weighted by Gasteiger charge is -2.06. The van der Waals surface area contributed by atoms with Crippen LogP contribution in [0.15, 0.2) is 0 Å².